The fourth-order valence-electron chi connectivity index (χ4n) is 1.21. The molecule has 0 aliphatic heterocycles. The van der Waals surface area contributed by atoms with Crippen molar-refractivity contribution in [1.29, 1.82) is 0 Å². The molecule has 0 saturated carbocycles. The van der Waals surface area contributed by atoms with E-state index in [0.29, 0.717) is 5.69 Å². The first-order valence-electron chi connectivity index (χ1n) is 4.29. The van der Waals surface area contributed by atoms with Crippen LogP contribution in [0.3, 0.4) is 0 Å². The second-order valence-electron chi connectivity index (χ2n) is 2.82. The molecule has 0 spiro atoms. The van der Waals surface area contributed by atoms with Crippen molar-refractivity contribution in [1.82, 2.24) is 14.8 Å². The molecular weight excluding hydrogens is 194 g/mol. The Morgan fingerprint density at radius 1 is 1.00 bits per heavy atom. The van der Waals surface area contributed by atoms with Crippen LogP contribution in [0.5, 0.6) is 0 Å². The van der Waals surface area contributed by atoms with Gasteiger partial charge in [0.2, 0.25) is 0 Å². The number of benzene rings is 1. The summed E-state index contributed by atoms with van der Waals surface area (Å²) in [4.78, 5) is 23.0. The third kappa shape index (κ3) is 1.80. The maximum atomic E-state index is 11.5. The topological polar surface area (TPSA) is 64.8 Å². The predicted octanol–water partition coefficient (Wildman–Crippen LogP) is -0.0123. The molecule has 1 aromatic heterocycles. The Morgan fingerprint density at radius 3 is 2.47 bits per heavy atom. The Balaban J connectivity index is 2.81. The molecule has 1 aromatic carbocycles. The summed E-state index contributed by atoms with van der Waals surface area (Å²) < 4.78 is 0.965. The SMILES string of the molecule is O=c1ccnnc(=O)n1-c1ccccc1. The lowest BCUT2D eigenvalue weighted by Gasteiger charge is -1.98. The Morgan fingerprint density at radius 2 is 1.73 bits per heavy atom. The van der Waals surface area contributed by atoms with Gasteiger partial charge in [-0.3, -0.25) is 4.79 Å². The molecule has 0 saturated heterocycles. The van der Waals surface area contributed by atoms with E-state index >= 15 is 0 Å². The fraction of sp³-hybridized carbons (Fsp3) is 0. The normalized spacial score (nSPS) is 9.87. The van der Waals surface area contributed by atoms with Gasteiger partial charge in [0, 0.05) is 6.07 Å². The molecule has 2 rings (SSSR count). The smallest absolute Gasteiger partial charge is 0.269 e. The van der Waals surface area contributed by atoms with Crippen molar-refractivity contribution in [2.45, 2.75) is 0 Å². The highest BCUT2D eigenvalue weighted by Gasteiger charge is 2.01. The second-order valence-corrected chi connectivity index (χ2v) is 2.82. The summed E-state index contributed by atoms with van der Waals surface area (Å²) >= 11 is 0. The standard InChI is InChI=1S/C10H7N3O2/c14-9-6-7-11-12-10(15)13(9)8-4-2-1-3-5-8/h1-7H. The zero-order valence-corrected chi connectivity index (χ0v) is 7.70. The van der Waals surface area contributed by atoms with Gasteiger partial charge in [-0.05, 0) is 12.1 Å². The zero-order chi connectivity index (χ0) is 10.7. The van der Waals surface area contributed by atoms with E-state index in [1.165, 1.54) is 12.3 Å². The van der Waals surface area contributed by atoms with Gasteiger partial charge < -0.3 is 0 Å². The summed E-state index contributed by atoms with van der Waals surface area (Å²) in [5.41, 5.74) is -0.648. The summed E-state index contributed by atoms with van der Waals surface area (Å²) in [5, 5.41) is 6.75. The number of para-hydroxylation sites is 1. The number of aromatic nitrogens is 3. The number of hydrogen-bond donors (Lipinski definition) is 0. The van der Waals surface area contributed by atoms with Gasteiger partial charge in [0.05, 0.1) is 11.9 Å². The number of rotatable bonds is 1. The highest BCUT2D eigenvalue weighted by molar-refractivity contribution is 5.30. The van der Waals surface area contributed by atoms with Crippen molar-refractivity contribution in [2.24, 2.45) is 0 Å². The molecule has 5 nitrogen and oxygen atoms in total. The maximum Gasteiger partial charge on any atom is 0.373 e. The molecule has 0 N–H and O–H groups in total. The molecule has 2 aromatic rings. The molecule has 0 fully saturated rings. The molecule has 0 unspecified atom stereocenters. The summed E-state index contributed by atoms with van der Waals surface area (Å²) in [6.07, 6.45) is 1.20. The van der Waals surface area contributed by atoms with E-state index in [4.69, 9.17) is 0 Å². The largest absolute Gasteiger partial charge is 0.373 e. The van der Waals surface area contributed by atoms with Crippen LogP contribution >= 0.6 is 0 Å². The summed E-state index contributed by atoms with van der Waals surface area (Å²) in [6, 6.07) is 9.78. The highest BCUT2D eigenvalue weighted by atomic mass is 16.2. The Bertz CT molecular complexity index is 545. The van der Waals surface area contributed by atoms with Gasteiger partial charge in [0.15, 0.2) is 0 Å². The van der Waals surface area contributed by atoms with Gasteiger partial charge in [-0.1, -0.05) is 23.3 Å². The lowest BCUT2D eigenvalue weighted by Crippen LogP contribution is -2.29. The molecule has 5 heteroatoms. The average molecular weight is 201 g/mol. The molecular formula is C10H7N3O2. The van der Waals surface area contributed by atoms with Gasteiger partial charge in [-0.25, -0.2) is 9.36 Å². The van der Waals surface area contributed by atoms with Crippen LogP contribution in [0.15, 0.2) is 52.2 Å². The lowest BCUT2D eigenvalue weighted by atomic mass is 10.3. The zero-order valence-electron chi connectivity index (χ0n) is 7.70. The minimum absolute atomic E-state index is 0.448. The van der Waals surface area contributed by atoms with Crippen LogP contribution in [-0.4, -0.2) is 14.8 Å². The number of hydrogen-bond acceptors (Lipinski definition) is 4. The van der Waals surface area contributed by atoms with E-state index in [0.717, 1.165) is 4.57 Å². The molecule has 0 aliphatic carbocycles. The summed E-state index contributed by atoms with van der Waals surface area (Å²) in [5.74, 6) is 0. The van der Waals surface area contributed by atoms with Crippen molar-refractivity contribution in [3.63, 3.8) is 0 Å². The van der Waals surface area contributed by atoms with E-state index in [1.54, 1.807) is 30.3 Å². The van der Waals surface area contributed by atoms with Crippen molar-refractivity contribution in [2.75, 3.05) is 0 Å². The van der Waals surface area contributed by atoms with E-state index in [9.17, 15) is 9.59 Å². The Hall–Kier alpha value is -2.30. The second kappa shape index (κ2) is 3.83. The third-order valence-corrected chi connectivity index (χ3v) is 1.85. The molecule has 0 aliphatic rings. The van der Waals surface area contributed by atoms with Crippen LogP contribution in [0.25, 0.3) is 5.69 Å². The van der Waals surface area contributed by atoms with Crippen LogP contribution in [-0.2, 0) is 0 Å². The van der Waals surface area contributed by atoms with Gasteiger partial charge in [-0.2, -0.15) is 5.10 Å². The number of nitrogens with zero attached hydrogens (tertiary/aromatic N) is 3. The molecule has 0 atom stereocenters. The van der Waals surface area contributed by atoms with Crippen LogP contribution < -0.4 is 11.2 Å². The molecule has 0 radical (unpaired) electrons. The van der Waals surface area contributed by atoms with Crippen LogP contribution in [0.2, 0.25) is 0 Å². The van der Waals surface area contributed by atoms with Crippen LogP contribution in [0.4, 0.5) is 0 Å². The lowest BCUT2D eigenvalue weighted by molar-refractivity contribution is 0.862. The molecule has 0 amide bonds. The quantitative estimate of drug-likeness (QED) is 0.650. The molecule has 0 bridgehead atoms. The summed E-state index contributed by atoms with van der Waals surface area (Å²) in [6.45, 7) is 0. The van der Waals surface area contributed by atoms with Crippen molar-refractivity contribution < 1.29 is 0 Å². The minimum Gasteiger partial charge on any atom is -0.269 e. The highest BCUT2D eigenvalue weighted by Crippen LogP contribution is 1.99. The molecule has 74 valence electrons. The Labute approximate surface area is 84.7 Å². The average Bonchev–Trinajstić information content (AvgIpc) is 2.41. The monoisotopic (exact) mass is 201 g/mol. The van der Waals surface area contributed by atoms with E-state index in [2.05, 4.69) is 10.2 Å². The third-order valence-electron chi connectivity index (χ3n) is 1.85. The van der Waals surface area contributed by atoms with Gasteiger partial charge in [-0.15, -0.1) is 0 Å². The molecule has 1 heterocycles. The first-order chi connectivity index (χ1) is 7.29. The predicted molar refractivity (Wildman–Crippen MR) is 53.9 cm³/mol. The van der Waals surface area contributed by atoms with Crippen LogP contribution in [0, 0.1) is 0 Å². The van der Waals surface area contributed by atoms with Crippen molar-refractivity contribution >= 4 is 0 Å². The molecule has 15 heavy (non-hydrogen) atoms. The van der Waals surface area contributed by atoms with Gasteiger partial charge in [0.25, 0.3) is 5.56 Å². The van der Waals surface area contributed by atoms with E-state index in [1.807, 2.05) is 0 Å². The van der Waals surface area contributed by atoms with Crippen LogP contribution in [0.1, 0.15) is 0 Å². The first kappa shape index (κ1) is 9.26. The fourth-order valence-corrected chi connectivity index (χ4v) is 1.21. The van der Waals surface area contributed by atoms with Crippen molar-refractivity contribution in [3.05, 3.63) is 63.4 Å². The van der Waals surface area contributed by atoms with Gasteiger partial charge in [0.1, 0.15) is 0 Å². The van der Waals surface area contributed by atoms with Crippen molar-refractivity contribution in [3.8, 4) is 5.69 Å². The Kier molecular flexibility index (Phi) is 2.37. The summed E-state index contributed by atoms with van der Waals surface area (Å²) in [7, 11) is 0. The first-order valence-corrected chi connectivity index (χ1v) is 4.29. The van der Waals surface area contributed by atoms with E-state index in [-0.39, 0.29) is 0 Å². The van der Waals surface area contributed by atoms with Gasteiger partial charge >= 0.3 is 5.69 Å². The maximum absolute atomic E-state index is 11.5. The van der Waals surface area contributed by atoms with E-state index < -0.39 is 11.2 Å². The minimum atomic E-state index is -0.684.